The zero-order chi connectivity index (χ0) is 33.0. The quantitative estimate of drug-likeness (QED) is 0.175. The van der Waals surface area contributed by atoms with Crippen molar-refractivity contribution in [3.05, 3.63) is 188 Å². The Hall–Kier alpha value is -6.64. The number of rotatable bonds is 5. The second-order valence-corrected chi connectivity index (χ2v) is 13.0. The van der Waals surface area contributed by atoms with Gasteiger partial charge in [-0.1, -0.05) is 133 Å². The smallest absolute Gasteiger partial charge is 0.136 e. The van der Waals surface area contributed by atoms with Crippen LogP contribution in [-0.4, -0.2) is 0 Å². The summed E-state index contributed by atoms with van der Waals surface area (Å²) in [6, 6.07) is 67.5. The molecule has 0 atom stereocenters. The maximum absolute atomic E-state index is 6.41. The highest BCUT2D eigenvalue weighted by Gasteiger charge is 2.16. The lowest BCUT2D eigenvalue weighted by Crippen LogP contribution is -2.10. The monoisotopic (exact) mass is 637 g/mol. The maximum atomic E-state index is 6.41. The van der Waals surface area contributed by atoms with E-state index in [0.717, 1.165) is 44.7 Å². The zero-order valence-electron chi connectivity index (χ0n) is 27.3. The van der Waals surface area contributed by atoms with E-state index < -0.39 is 0 Å². The zero-order valence-corrected chi connectivity index (χ0v) is 27.3. The summed E-state index contributed by atoms with van der Waals surface area (Å²) < 4.78 is 6.41. The number of benzene rings is 9. The third-order valence-electron chi connectivity index (χ3n) is 10.0. The summed E-state index contributed by atoms with van der Waals surface area (Å²) in [5, 5.41) is 9.74. The summed E-state index contributed by atoms with van der Waals surface area (Å²) in [4.78, 5) is 2.37. The van der Waals surface area contributed by atoms with Crippen LogP contribution < -0.4 is 4.90 Å². The molecule has 234 valence electrons. The van der Waals surface area contributed by atoms with Gasteiger partial charge in [0.25, 0.3) is 0 Å². The minimum Gasteiger partial charge on any atom is -0.456 e. The third-order valence-corrected chi connectivity index (χ3v) is 10.0. The van der Waals surface area contributed by atoms with Gasteiger partial charge in [0.2, 0.25) is 0 Å². The van der Waals surface area contributed by atoms with Gasteiger partial charge in [0.15, 0.2) is 0 Å². The van der Waals surface area contributed by atoms with Crippen molar-refractivity contribution in [1.29, 1.82) is 0 Å². The first-order valence-electron chi connectivity index (χ1n) is 17.1. The Kier molecular flexibility index (Phi) is 6.53. The summed E-state index contributed by atoms with van der Waals surface area (Å²) in [6.45, 7) is 0. The van der Waals surface area contributed by atoms with Crippen LogP contribution in [0.15, 0.2) is 192 Å². The molecule has 0 aliphatic carbocycles. The van der Waals surface area contributed by atoms with Crippen LogP contribution in [0.25, 0.3) is 76.5 Å². The minimum absolute atomic E-state index is 0.903. The van der Waals surface area contributed by atoms with Crippen LogP contribution in [0.2, 0.25) is 0 Å². The highest BCUT2D eigenvalue weighted by Crippen LogP contribution is 2.41. The number of hydrogen-bond donors (Lipinski definition) is 0. The van der Waals surface area contributed by atoms with Gasteiger partial charge >= 0.3 is 0 Å². The molecule has 1 aromatic heterocycles. The van der Waals surface area contributed by atoms with Gasteiger partial charge < -0.3 is 9.32 Å². The molecule has 10 aromatic rings. The second-order valence-electron chi connectivity index (χ2n) is 13.0. The molecule has 0 saturated carbocycles. The van der Waals surface area contributed by atoms with Crippen LogP contribution in [0.4, 0.5) is 17.1 Å². The molecular formula is C48H31NO. The van der Waals surface area contributed by atoms with E-state index in [1.165, 1.54) is 48.8 Å². The Morgan fingerprint density at radius 1 is 0.300 bits per heavy atom. The van der Waals surface area contributed by atoms with Gasteiger partial charge in [0.1, 0.15) is 11.2 Å². The van der Waals surface area contributed by atoms with Gasteiger partial charge in [-0.15, -0.1) is 0 Å². The second kappa shape index (κ2) is 11.5. The molecule has 0 spiro atoms. The summed E-state index contributed by atoms with van der Waals surface area (Å²) in [7, 11) is 0. The number of anilines is 3. The molecule has 0 bridgehead atoms. The van der Waals surface area contributed by atoms with Gasteiger partial charge in [0, 0.05) is 27.8 Å². The molecule has 1 heterocycles. The van der Waals surface area contributed by atoms with Crippen molar-refractivity contribution in [3.63, 3.8) is 0 Å². The topological polar surface area (TPSA) is 16.4 Å². The highest BCUT2D eigenvalue weighted by atomic mass is 16.3. The van der Waals surface area contributed by atoms with E-state index in [0.29, 0.717) is 0 Å². The van der Waals surface area contributed by atoms with Crippen molar-refractivity contribution in [2.45, 2.75) is 0 Å². The van der Waals surface area contributed by atoms with E-state index >= 15 is 0 Å². The molecule has 2 heteroatoms. The lowest BCUT2D eigenvalue weighted by atomic mass is 9.99. The molecule has 0 amide bonds. The average Bonchev–Trinajstić information content (AvgIpc) is 3.57. The van der Waals surface area contributed by atoms with Gasteiger partial charge in [0.05, 0.1) is 0 Å². The lowest BCUT2D eigenvalue weighted by molar-refractivity contribution is 0.669. The lowest BCUT2D eigenvalue weighted by Gasteiger charge is -2.27. The van der Waals surface area contributed by atoms with Crippen LogP contribution >= 0.6 is 0 Å². The third kappa shape index (κ3) is 4.73. The van der Waals surface area contributed by atoms with Crippen molar-refractivity contribution in [2.24, 2.45) is 0 Å². The van der Waals surface area contributed by atoms with Gasteiger partial charge in [-0.05, 0) is 109 Å². The van der Waals surface area contributed by atoms with Gasteiger partial charge in [-0.25, -0.2) is 0 Å². The first kappa shape index (κ1) is 28.4. The van der Waals surface area contributed by atoms with Crippen molar-refractivity contribution in [3.8, 4) is 22.3 Å². The first-order valence-corrected chi connectivity index (χ1v) is 17.1. The fraction of sp³-hybridized carbons (Fsp3) is 0. The van der Waals surface area contributed by atoms with Crippen LogP contribution in [0.3, 0.4) is 0 Å². The molecule has 0 saturated heterocycles. The molecule has 50 heavy (non-hydrogen) atoms. The predicted octanol–water partition coefficient (Wildman–Crippen LogP) is 13.8. The maximum Gasteiger partial charge on any atom is 0.136 e. The van der Waals surface area contributed by atoms with Crippen LogP contribution in [0.1, 0.15) is 0 Å². The van der Waals surface area contributed by atoms with E-state index in [1.54, 1.807) is 0 Å². The fourth-order valence-corrected chi connectivity index (χ4v) is 7.56. The molecule has 10 rings (SSSR count). The van der Waals surface area contributed by atoms with Crippen LogP contribution in [0.5, 0.6) is 0 Å². The predicted molar refractivity (Wildman–Crippen MR) is 212 cm³/mol. The Labute approximate surface area is 290 Å². The Bertz CT molecular complexity index is 2870. The summed E-state index contributed by atoms with van der Waals surface area (Å²) in [6.07, 6.45) is 0. The standard InChI is InChI=1S/C48H31NO/c1-2-9-32(10-3-1)37-13-8-14-40(29-37)49(41-26-21-36-18-17-34-11-4-6-15-42(34)45(36)31-41)39-24-19-33(20-25-39)38-22-27-44-47(30-38)50-46-28-23-35-12-5-7-16-43(35)48(44)46/h1-31H. The molecular weight excluding hydrogens is 607 g/mol. The van der Waals surface area contributed by atoms with Crippen molar-refractivity contribution >= 4 is 71.3 Å². The Morgan fingerprint density at radius 3 is 1.72 bits per heavy atom. The normalized spacial score (nSPS) is 11.6. The van der Waals surface area contributed by atoms with Gasteiger partial charge in [-0.2, -0.15) is 0 Å². The summed E-state index contributed by atoms with van der Waals surface area (Å²) >= 11 is 0. The number of hydrogen-bond acceptors (Lipinski definition) is 2. The van der Waals surface area contributed by atoms with E-state index in [2.05, 4.69) is 193 Å². The average molecular weight is 638 g/mol. The van der Waals surface area contributed by atoms with E-state index in [9.17, 15) is 0 Å². The number of fused-ring (bicyclic) bond motifs is 8. The Morgan fingerprint density at radius 2 is 0.880 bits per heavy atom. The molecule has 0 aliphatic heterocycles. The van der Waals surface area contributed by atoms with Crippen LogP contribution in [0, 0.1) is 0 Å². The molecule has 0 fully saturated rings. The molecule has 2 nitrogen and oxygen atoms in total. The molecule has 0 N–H and O–H groups in total. The minimum atomic E-state index is 0.903. The molecule has 0 unspecified atom stereocenters. The Balaban J connectivity index is 1.09. The van der Waals surface area contributed by atoms with E-state index in [4.69, 9.17) is 4.42 Å². The first-order chi connectivity index (χ1) is 24.8. The SMILES string of the molecule is c1ccc(-c2cccc(N(c3ccc(-c4ccc5c(c4)oc4ccc6ccccc6c45)cc3)c3ccc4ccc5ccccc5c4c3)c2)cc1. The molecule has 9 aromatic carbocycles. The molecule has 0 radical (unpaired) electrons. The molecule has 0 aliphatic rings. The van der Waals surface area contributed by atoms with E-state index in [1.807, 2.05) is 0 Å². The van der Waals surface area contributed by atoms with Crippen LogP contribution in [-0.2, 0) is 0 Å². The van der Waals surface area contributed by atoms with Crippen molar-refractivity contribution in [1.82, 2.24) is 0 Å². The summed E-state index contributed by atoms with van der Waals surface area (Å²) in [5.74, 6) is 0. The van der Waals surface area contributed by atoms with Gasteiger partial charge in [-0.3, -0.25) is 0 Å². The highest BCUT2D eigenvalue weighted by molar-refractivity contribution is 6.19. The van der Waals surface area contributed by atoms with E-state index in [-0.39, 0.29) is 0 Å². The number of furan rings is 1. The summed E-state index contributed by atoms with van der Waals surface area (Å²) in [5.41, 5.74) is 9.78. The van der Waals surface area contributed by atoms with Crippen molar-refractivity contribution < 1.29 is 4.42 Å². The van der Waals surface area contributed by atoms with Crippen molar-refractivity contribution in [2.75, 3.05) is 4.90 Å². The largest absolute Gasteiger partial charge is 0.456 e. The fourth-order valence-electron chi connectivity index (χ4n) is 7.56. The number of nitrogens with zero attached hydrogens (tertiary/aromatic N) is 1.